The van der Waals surface area contributed by atoms with Gasteiger partial charge in [-0.2, -0.15) is 0 Å². The number of carbonyl (C=O) groups is 1. The van der Waals surface area contributed by atoms with Crippen LogP contribution in [0.4, 0.5) is 10.7 Å². The second-order valence-electron chi connectivity index (χ2n) is 9.11. The molecule has 2 aliphatic rings. The second-order valence-corrected chi connectivity index (χ2v) is 9.11. The first kappa shape index (κ1) is 22.2. The van der Waals surface area contributed by atoms with Gasteiger partial charge >= 0.3 is 6.09 Å². The smallest absolute Gasteiger partial charge is 0.410 e. The van der Waals surface area contributed by atoms with Gasteiger partial charge in [-0.1, -0.05) is 67.1 Å². The molecule has 0 unspecified atom stereocenters. The average molecular weight is 459 g/mol. The molecule has 0 saturated heterocycles. The summed E-state index contributed by atoms with van der Waals surface area (Å²) < 4.78 is 7.31. The third-order valence-corrected chi connectivity index (χ3v) is 6.86. The Morgan fingerprint density at radius 1 is 0.971 bits per heavy atom. The van der Waals surface area contributed by atoms with Gasteiger partial charge in [-0.05, 0) is 43.2 Å². The van der Waals surface area contributed by atoms with Gasteiger partial charge in [0.1, 0.15) is 6.10 Å². The van der Waals surface area contributed by atoms with Gasteiger partial charge in [0.25, 0.3) is 5.56 Å². The van der Waals surface area contributed by atoms with E-state index in [1.807, 2.05) is 60.7 Å². The highest BCUT2D eigenvalue weighted by Gasteiger charge is 2.30. The number of hydrogen-bond acceptors (Lipinski definition) is 5. The Labute approximate surface area is 199 Å². The number of ether oxygens (including phenoxy) is 1. The highest BCUT2D eigenvalue weighted by molar-refractivity contribution is 5.68. The molecular weight excluding hydrogens is 428 g/mol. The van der Waals surface area contributed by atoms with Crippen LogP contribution < -0.4 is 11.3 Å². The predicted molar refractivity (Wildman–Crippen MR) is 131 cm³/mol. The van der Waals surface area contributed by atoms with Crippen molar-refractivity contribution >= 4 is 12.0 Å². The summed E-state index contributed by atoms with van der Waals surface area (Å²) >= 11 is 0. The number of carbonyl (C=O) groups excluding carboxylic acids is 1. The molecule has 1 amide bonds. The summed E-state index contributed by atoms with van der Waals surface area (Å²) in [5.74, 6) is 0.143. The van der Waals surface area contributed by atoms with Crippen LogP contribution in [0.1, 0.15) is 60.5 Å². The summed E-state index contributed by atoms with van der Waals surface area (Å²) in [4.78, 5) is 32.7. The fourth-order valence-electron chi connectivity index (χ4n) is 5.09. The lowest BCUT2D eigenvalue weighted by Crippen LogP contribution is -2.43. The quantitative estimate of drug-likeness (QED) is 0.630. The molecule has 1 saturated carbocycles. The number of fused-ring (bicyclic) bond motifs is 1. The lowest BCUT2D eigenvalue weighted by atomic mass is 9.97. The monoisotopic (exact) mass is 458 g/mol. The van der Waals surface area contributed by atoms with Gasteiger partial charge in [-0.3, -0.25) is 9.36 Å². The fraction of sp³-hybridized carbons (Fsp3) is 0.370. The number of anilines is 1. The van der Waals surface area contributed by atoms with E-state index in [9.17, 15) is 9.59 Å². The minimum absolute atomic E-state index is 0.00817. The molecule has 1 aromatic heterocycles. The summed E-state index contributed by atoms with van der Waals surface area (Å²) in [6.07, 6.45) is 5.34. The highest BCUT2D eigenvalue weighted by atomic mass is 16.6. The number of nitrogens with zero attached hydrogens (tertiary/aromatic N) is 3. The minimum Gasteiger partial charge on any atom is -0.446 e. The summed E-state index contributed by atoms with van der Waals surface area (Å²) in [5, 5.41) is 0. The van der Waals surface area contributed by atoms with Crippen LogP contribution in [0.25, 0.3) is 0 Å². The van der Waals surface area contributed by atoms with Crippen molar-refractivity contribution < 1.29 is 9.53 Å². The van der Waals surface area contributed by atoms with Crippen LogP contribution in [0, 0.1) is 0 Å². The van der Waals surface area contributed by atoms with Crippen LogP contribution in [-0.2, 0) is 17.7 Å². The van der Waals surface area contributed by atoms with E-state index < -0.39 is 0 Å². The first-order chi connectivity index (χ1) is 16.6. The first-order valence-electron chi connectivity index (χ1n) is 12.1. The van der Waals surface area contributed by atoms with Gasteiger partial charge in [0.05, 0.1) is 18.3 Å². The molecular formula is C27H30N4O3. The number of aromatic nitrogens is 2. The van der Waals surface area contributed by atoms with E-state index in [2.05, 4.69) is 4.98 Å². The Balaban J connectivity index is 1.46. The first-order valence-corrected chi connectivity index (χ1v) is 12.1. The van der Waals surface area contributed by atoms with E-state index in [1.54, 1.807) is 9.47 Å². The minimum atomic E-state index is -0.387. The Bertz CT molecular complexity index is 1160. The lowest BCUT2D eigenvalue weighted by molar-refractivity contribution is 0.0424. The van der Waals surface area contributed by atoms with Crippen LogP contribution in [0.15, 0.2) is 65.5 Å². The maximum absolute atomic E-state index is 13.7. The van der Waals surface area contributed by atoms with Crippen molar-refractivity contribution in [2.75, 3.05) is 12.3 Å². The molecule has 0 radical (unpaired) electrons. The molecule has 2 N–H and O–H groups in total. The largest absolute Gasteiger partial charge is 0.446 e. The van der Waals surface area contributed by atoms with Crippen molar-refractivity contribution in [3.05, 3.63) is 93.4 Å². The third kappa shape index (κ3) is 4.42. The molecule has 7 nitrogen and oxygen atoms in total. The van der Waals surface area contributed by atoms with Gasteiger partial charge in [-0.15, -0.1) is 0 Å². The molecule has 1 aliphatic heterocycles. The summed E-state index contributed by atoms with van der Waals surface area (Å²) in [7, 11) is 0. The number of hydrogen-bond donors (Lipinski definition) is 1. The lowest BCUT2D eigenvalue weighted by Gasteiger charge is -2.31. The van der Waals surface area contributed by atoms with Crippen molar-refractivity contribution in [2.45, 2.75) is 57.2 Å². The molecule has 1 fully saturated rings. The van der Waals surface area contributed by atoms with Gasteiger partial charge in [0.2, 0.25) is 5.95 Å². The van der Waals surface area contributed by atoms with Gasteiger partial charge in [-0.25, -0.2) is 9.78 Å². The second kappa shape index (κ2) is 9.71. The average Bonchev–Trinajstić information content (AvgIpc) is 2.88. The molecule has 1 aliphatic carbocycles. The fourth-order valence-corrected chi connectivity index (χ4v) is 5.09. The number of benzene rings is 2. The normalized spacial score (nSPS) is 16.3. The van der Waals surface area contributed by atoms with E-state index in [-0.39, 0.29) is 36.3 Å². The van der Waals surface area contributed by atoms with Crippen molar-refractivity contribution in [3.63, 3.8) is 0 Å². The zero-order valence-corrected chi connectivity index (χ0v) is 19.2. The summed E-state index contributed by atoms with van der Waals surface area (Å²) in [6, 6.07) is 19.3. The molecule has 34 heavy (non-hydrogen) atoms. The number of amides is 1. The Hall–Kier alpha value is -3.61. The zero-order valence-electron chi connectivity index (χ0n) is 19.2. The number of nitrogens with two attached hydrogens (primary N) is 1. The van der Waals surface area contributed by atoms with E-state index in [0.717, 1.165) is 36.8 Å². The van der Waals surface area contributed by atoms with Gasteiger partial charge < -0.3 is 15.4 Å². The Morgan fingerprint density at radius 2 is 1.59 bits per heavy atom. The number of nitrogen functional groups attached to an aromatic ring is 1. The highest BCUT2D eigenvalue weighted by Crippen LogP contribution is 2.28. The Kier molecular flexibility index (Phi) is 6.34. The molecule has 176 valence electrons. The zero-order chi connectivity index (χ0) is 23.5. The van der Waals surface area contributed by atoms with Gasteiger partial charge in [0, 0.05) is 12.1 Å². The van der Waals surface area contributed by atoms with Crippen molar-refractivity contribution in [1.29, 1.82) is 0 Å². The van der Waals surface area contributed by atoms with Crippen LogP contribution in [0.2, 0.25) is 0 Å². The maximum atomic E-state index is 13.7. The van der Waals surface area contributed by atoms with Crippen LogP contribution in [0.3, 0.4) is 0 Å². The van der Waals surface area contributed by atoms with E-state index in [0.29, 0.717) is 24.2 Å². The van der Waals surface area contributed by atoms with E-state index >= 15 is 0 Å². The van der Waals surface area contributed by atoms with Gasteiger partial charge in [0.15, 0.2) is 0 Å². The van der Waals surface area contributed by atoms with E-state index in [4.69, 9.17) is 10.5 Å². The van der Waals surface area contributed by atoms with Crippen molar-refractivity contribution in [2.24, 2.45) is 0 Å². The van der Waals surface area contributed by atoms with Crippen LogP contribution in [0.5, 0.6) is 0 Å². The van der Waals surface area contributed by atoms with Crippen LogP contribution in [-0.4, -0.2) is 33.2 Å². The number of rotatable bonds is 4. The SMILES string of the molecule is Nc1nc2c(c(=O)n1C(c1ccccc1)c1ccccc1)CCN(C(=O)OC1CCCCC1)C2. The Morgan fingerprint density at radius 3 is 2.21 bits per heavy atom. The molecule has 5 rings (SSSR count). The molecule has 0 bridgehead atoms. The molecule has 7 heteroatoms. The third-order valence-electron chi connectivity index (χ3n) is 6.86. The van der Waals surface area contributed by atoms with E-state index in [1.165, 1.54) is 6.42 Å². The molecule has 3 aromatic rings. The summed E-state index contributed by atoms with van der Waals surface area (Å²) in [5.41, 5.74) is 9.35. The van der Waals surface area contributed by atoms with Crippen molar-refractivity contribution in [3.8, 4) is 0 Å². The maximum Gasteiger partial charge on any atom is 0.410 e. The summed E-state index contributed by atoms with van der Waals surface area (Å²) in [6.45, 7) is 0.670. The standard InChI is InChI=1S/C27H30N4O3/c28-26-29-23-18-30(27(33)34-21-14-8-3-9-15-21)17-16-22(23)25(32)31(26)24(19-10-4-1-5-11-19)20-12-6-2-7-13-20/h1-2,4-7,10-13,21,24H,3,8-9,14-18H2,(H2,28,29). The van der Waals surface area contributed by atoms with Crippen molar-refractivity contribution in [1.82, 2.24) is 14.5 Å². The molecule has 2 heterocycles. The predicted octanol–water partition coefficient (Wildman–Crippen LogP) is 4.29. The topological polar surface area (TPSA) is 90.5 Å². The molecule has 0 atom stereocenters. The van der Waals surface area contributed by atoms with Crippen LogP contribution >= 0.6 is 0 Å². The molecule has 0 spiro atoms. The molecule has 2 aromatic carbocycles.